The van der Waals surface area contributed by atoms with Crippen LogP contribution in [0.5, 0.6) is 0 Å². The van der Waals surface area contributed by atoms with Crippen LogP contribution in [-0.4, -0.2) is 18.2 Å². The standard InChI is InChI=1S/C20H14Cl2FN3O3S/c21-18-10-14(23)7-6-13(18)12-25-19-9-8-15(11-17(19)20(27)24-25)26(22)30(28,29)16-4-2-1-3-5-16/h1-11H,12H2,(H,24,27). The summed E-state index contributed by atoms with van der Waals surface area (Å²) in [5, 5.41) is 3.16. The van der Waals surface area contributed by atoms with Gasteiger partial charge < -0.3 is 0 Å². The van der Waals surface area contributed by atoms with Gasteiger partial charge in [0.05, 0.1) is 28.0 Å². The van der Waals surface area contributed by atoms with Gasteiger partial charge in [0, 0.05) is 16.8 Å². The average molecular weight is 466 g/mol. The van der Waals surface area contributed by atoms with Crippen molar-refractivity contribution >= 4 is 50.0 Å². The monoisotopic (exact) mass is 465 g/mol. The molecule has 0 bridgehead atoms. The third kappa shape index (κ3) is 3.69. The van der Waals surface area contributed by atoms with Gasteiger partial charge in [-0.2, -0.15) is 12.2 Å². The van der Waals surface area contributed by atoms with E-state index in [2.05, 4.69) is 5.10 Å². The van der Waals surface area contributed by atoms with Crippen LogP contribution < -0.4 is 9.38 Å². The molecule has 0 aliphatic rings. The molecule has 0 atom stereocenters. The summed E-state index contributed by atoms with van der Waals surface area (Å²) >= 11 is 12.2. The van der Waals surface area contributed by atoms with E-state index in [4.69, 9.17) is 23.4 Å². The molecule has 1 N–H and O–H groups in total. The van der Waals surface area contributed by atoms with E-state index in [1.165, 1.54) is 42.5 Å². The largest absolute Gasteiger partial charge is 0.280 e. The highest BCUT2D eigenvalue weighted by Gasteiger charge is 2.24. The number of aromatic nitrogens is 2. The van der Waals surface area contributed by atoms with Gasteiger partial charge in [0.2, 0.25) is 0 Å². The summed E-state index contributed by atoms with van der Waals surface area (Å²) in [5.74, 6) is -0.457. The zero-order valence-corrected chi connectivity index (χ0v) is 17.5. The minimum absolute atomic E-state index is 0.0255. The van der Waals surface area contributed by atoms with Crippen molar-refractivity contribution in [3.63, 3.8) is 0 Å². The molecule has 3 aromatic carbocycles. The van der Waals surface area contributed by atoms with Crippen LogP contribution in [0.25, 0.3) is 10.9 Å². The Bertz CT molecular complexity index is 1400. The summed E-state index contributed by atoms with van der Waals surface area (Å²) in [6.07, 6.45) is 0. The van der Waals surface area contributed by atoms with E-state index in [1.807, 2.05) is 0 Å². The Labute approximate surface area is 181 Å². The molecule has 0 amide bonds. The van der Waals surface area contributed by atoms with Crippen molar-refractivity contribution in [2.75, 3.05) is 3.82 Å². The van der Waals surface area contributed by atoms with Gasteiger partial charge in [-0.25, -0.2) is 4.39 Å². The Morgan fingerprint density at radius 3 is 2.47 bits per heavy atom. The Hall–Kier alpha value is -2.81. The Morgan fingerprint density at radius 2 is 1.77 bits per heavy atom. The average Bonchev–Trinajstić information content (AvgIpc) is 3.05. The van der Waals surface area contributed by atoms with E-state index in [0.717, 1.165) is 0 Å². The van der Waals surface area contributed by atoms with Crippen molar-refractivity contribution < 1.29 is 12.8 Å². The van der Waals surface area contributed by atoms with Crippen molar-refractivity contribution in [2.24, 2.45) is 0 Å². The summed E-state index contributed by atoms with van der Waals surface area (Å²) in [7, 11) is -4.00. The highest BCUT2D eigenvalue weighted by molar-refractivity contribution is 7.94. The van der Waals surface area contributed by atoms with Gasteiger partial charge in [0.15, 0.2) is 0 Å². The zero-order chi connectivity index (χ0) is 21.5. The first-order valence-electron chi connectivity index (χ1n) is 8.70. The number of fused-ring (bicyclic) bond motifs is 1. The molecule has 0 spiro atoms. The van der Waals surface area contributed by atoms with Crippen molar-refractivity contribution in [3.05, 3.63) is 93.5 Å². The van der Waals surface area contributed by atoms with E-state index in [9.17, 15) is 17.6 Å². The summed E-state index contributed by atoms with van der Waals surface area (Å²) in [6.45, 7) is 0.199. The minimum atomic E-state index is -4.00. The zero-order valence-electron chi connectivity index (χ0n) is 15.2. The molecule has 0 saturated heterocycles. The van der Waals surface area contributed by atoms with E-state index in [1.54, 1.807) is 28.9 Å². The lowest BCUT2D eigenvalue weighted by Crippen LogP contribution is -2.21. The summed E-state index contributed by atoms with van der Waals surface area (Å²) in [4.78, 5) is 12.5. The molecule has 1 heterocycles. The number of nitrogens with zero attached hydrogens (tertiary/aromatic N) is 2. The van der Waals surface area contributed by atoms with E-state index in [-0.39, 0.29) is 27.5 Å². The number of hydrogen-bond donors (Lipinski definition) is 1. The van der Waals surface area contributed by atoms with Crippen LogP contribution in [0.3, 0.4) is 0 Å². The Balaban J connectivity index is 1.72. The molecule has 0 aliphatic heterocycles. The molecule has 0 saturated carbocycles. The Morgan fingerprint density at radius 1 is 1.03 bits per heavy atom. The second-order valence-electron chi connectivity index (χ2n) is 6.50. The fourth-order valence-corrected chi connectivity index (χ4v) is 4.71. The third-order valence-electron chi connectivity index (χ3n) is 4.55. The molecular weight excluding hydrogens is 452 g/mol. The number of H-pyrrole nitrogens is 1. The van der Waals surface area contributed by atoms with Crippen molar-refractivity contribution in [2.45, 2.75) is 11.4 Å². The second-order valence-corrected chi connectivity index (χ2v) is 9.23. The van der Waals surface area contributed by atoms with Crippen LogP contribution in [0.4, 0.5) is 10.1 Å². The van der Waals surface area contributed by atoms with Gasteiger partial charge >= 0.3 is 0 Å². The van der Waals surface area contributed by atoms with Crippen LogP contribution in [0.1, 0.15) is 5.56 Å². The summed E-state index contributed by atoms with van der Waals surface area (Å²) in [5.41, 5.74) is 0.829. The van der Waals surface area contributed by atoms with E-state index < -0.39 is 21.4 Å². The van der Waals surface area contributed by atoms with Crippen LogP contribution >= 0.6 is 23.4 Å². The maximum atomic E-state index is 13.3. The number of rotatable bonds is 5. The first-order chi connectivity index (χ1) is 14.3. The van der Waals surface area contributed by atoms with Gasteiger partial charge in [-0.15, -0.1) is 0 Å². The number of sulfonamides is 1. The topological polar surface area (TPSA) is 75.2 Å². The van der Waals surface area contributed by atoms with Gasteiger partial charge in [-0.05, 0) is 48.0 Å². The van der Waals surface area contributed by atoms with Crippen LogP contribution in [0.15, 0.2) is 76.4 Å². The molecule has 0 radical (unpaired) electrons. The van der Waals surface area contributed by atoms with Gasteiger partial charge in [0.1, 0.15) is 5.82 Å². The number of hydrogen-bond acceptors (Lipinski definition) is 3. The molecule has 154 valence electrons. The highest BCUT2D eigenvalue weighted by Crippen LogP contribution is 2.28. The minimum Gasteiger partial charge on any atom is -0.280 e. The first-order valence-corrected chi connectivity index (χ1v) is 10.9. The van der Waals surface area contributed by atoms with E-state index in [0.29, 0.717) is 14.9 Å². The molecule has 0 unspecified atom stereocenters. The molecule has 0 fully saturated rings. The lowest BCUT2D eigenvalue weighted by molar-refractivity contribution is 0.598. The number of anilines is 1. The molecule has 1 aromatic heterocycles. The van der Waals surface area contributed by atoms with Gasteiger partial charge in [-0.3, -0.25) is 14.6 Å². The lowest BCUT2D eigenvalue weighted by Gasteiger charge is -2.16. The number of halogens is 3. The first kappa shape index (κ1) is 20.5. The molecule has 10 heteroatoms. The maximum Gasteiger partial charge on any atom is 0.278 e. The highest BCUT2D eigenvalue weighted by atomic mass is 35.5. The third-order valence-corrected chi connectivity index (χ3v) is 7.14. The van der Waals surface area contributed by atoms with Gasteiger partial charge in [0.25, 0.3) is 15.6 Å². The number of benzene rings is 3. The lowest BCUT2D eigenvalue weighted by atomic mass is 10.2. The summed E-state index contributed by atoms with van der Waals surface area (Å²) < 4.78 is 40.9. The smallest absolute Gasteiger partial charge is 0.278 e. The normalized spacial score (nSPS) is 11.7. The maximum absolute atomic E-state index is 13.3. The van der Waals surface area contributed by atoms with Crippen molar-refractivity contribution in [1.82, 2.24) is 9.78 Å². The predicted molar refractivity (Wildman–Crippen MR) is 115 cm³/mol. The van der Waals surface area contributed by atoms with Crippen LogP contribution in [-0.2, 0) is 16.6 Å². The fourth-order valence-electron chi connectivity index (χ4n) is 3.06. The van der Waals surface area contributed by atoms with Gasteiger partial charge in [-0.1, -0.05) is 35.9 Å². The van der Waals surface area contributed by atoms with Crippen LogP contribution in [0.2, 0.25) is 5.02 Å². The molecule has 30 heavy (non-hydrogen) atoms. The quantitative estimate of drug-likeness (QED) is 0.440. The molecular formula is C20H14Cl2FN3O3S. The Kier molecular flexibility index (Phi) is 5.31. The number of nitrogens with one attached hydrogen (secondary N) is 1. The SMILES string of the molecule is O=c1[nH]n(Cc2ccc(F)cc2Cl)c2ccc(N(Cl)S(=O)(=O)c3ccccc3)cc12. The molecule has 0 aliphatic carbocycles. The van der Waals surface area contributed by atoms with Crippen molar-refractivity contribution in [1.29, 1.82) is 0 Å². The molecule has 4 aromatic rings. The fraction of sp³-hybridized carbons (Fsp3) is 0.0500. The number of aromatic amines is 1. The van der Waals surface area contributed by atoms with Crippen LogP contribution in [0, 0.1) is 5.82 Å². The predicted octanol–water partition coefficient (Wildman–Crippen LogP) is 4.52. The van der Waals surface area contributed by atoms with E-state index >= 15 is 0 Å². The molecule has 4 rings (SSSR count). The molecule has 6 nitrogen and oxygen atoms in total. The van der Waals surface area contributed by atoms with Crippen molar-refractivity contribution in [3.8, 4) is 0 Å². The summed E-state index contributed by atoms with van der Waals surface area (Å²) in [6, 6.07) is 16.2. The second kappa shape index (κ2) is 7.79.